The number of carboxylic acid groups (broad SMARTS) is 1. The number of rotatable bonds is 2. The fourth-order valence-corrected chi connectivity index (χ4v) is 4.28. The molecule has 1 aromatic rings. The summed E-state index contributed by atoms with van der Waals surface area (Å²) in [5.74, 6) is -1.42. The monoisotopic (exact) mass is 297 g/mol. The number of carboxylic acids is 1. The van der Waals surface area contributed by atoms with Crippen LogP contribution < -0.4 is 4.90 Å². The lowest BCUT2D eigenvalue weighted by atomic mass is 9.82. The molecule has 4 rings (SSSR count). The van der Waals surface area contributed by atoms with Crippen LogP contribution in [-0.2, 0) is 9.59 Å². The first-order valence-electron chi connectivity index (χ1n) is 7.38. The number of aromatic carboxylic acids is 1. The van der Waals surface area contributed by atoms with Crippen LogP contribution in [0, 0.1) is 23.7 Å². The molecule has 4 atom stereocenters. The molecular formula is C17H15NO4. The zero-order chi connectivity index (χ0) is 15.6. The zero-order valence-electron chi connectivity index (χ0n) is 12.0. The number of hydrogen-bond donors (Lipinski definition) is 1. The van der Waals surface area contributed by atoms with Gasteiger partial charge in [0.05, 0.1) is 23.1 Å². The average Bonchev–Trinajstić information content (AvgIpc) is 3.11. The van der Waals surface area contributed by atoms with Gasteiger partial charge in [-0.2, -0.15) is 0 Å². The van der Waals surface area contributed by atoms with Crippen molar-refractivity contribution in [3.05, 3.63) is 41.5 Å². The van der Waals surface area contributed by atoms with Crippen LogP contribution in [0.2, 0.25) is 0 Å². The molecule has 1 aliphatic heterocycles. The summed E-state index contributed by atoms with van der Waals surface area (Å²) in [5, 5.41) is 8.93. The van der Waals surface area contributed by atoms with Gasteiger partial charge in [0.2, 0.25) is 11.8 Å². The molecule has 1 heterocycles. The zero-order valence-corrected chi connectivity index (χ0v) is 12.0. The Balaban J connectivity index is 1.69. The number of carbonyl (C=O) groups excluding carboxylic acids is 2. The van der Waals surface area contributed by atoms with Crippen molar-refractivity contribution in [2.24, 2.45) is 23.7 Å². The molecule has 1 saturated heterocycles. The van der Waals surface area contributed by atoms with Gasteiger partial charge in [-0.05, 0) is 49.4 Å². The lowest BCUT2D eigenvalue weighted by Crippen LogP contribution is -2.32. The molecule has 22 heavy (non-hydrogen) atoms. The number of nitrogens with zero attached hydrogens (tertiary/aromatic N) is 1. The van der Waals surface area contributed by atoms with Crippen LogP contribution in [0.1, 0.15) is 23.7 Å². The number of carbonyl (C=O) groups is 3. The van der Waals surface area contributed by atoms with Gasteiger partial charge in [0.25, 0.3) is 0 Å². The molecule has 2 bridgehead atoms. The first kappa shape index (κ1) is 13.2. The summed E-state index contributed by atoms with van der Waals surface area (Å²) in [7, 11) is 0. The van der Waals surface area contributed by atoms with Crippen molar-refractivity contribution in [2.45, 2.75) is 13.3 Å². The molecule has 1 aromatic carbocycles. The summed E-state index contributed by atoms with van der Waals surface area (Å²) in [6.07, 6.45) is 3.04. The number of allylic oxidation sites excluding steroid dienone is 2. The number of imide groups is 1. The molecule has 2 aliphatic carbocycles. The van der Waals surface area contributed by atoms with E-state index in [4.69, 9.17) is 5.11 Å². The third kappa shape index (κ3) is 1.56. The summed E-state index contributed by atoms with van der Waals surface area (Å²) in [4.78, 5) is 37.5. The quantitative estimate of drug-likeness (QED) is 0.670. The van der Waals surface area contributed by atoms with Crippen LogP contribution in [0.4, 0.5) is 5.69 Å². The molecule has 5 nitrogen and oxygen atoms in total. The highest BCUT2D eigenvalue weighted by molar-refractivity contribution is 6.22. The third-order valence-corrected chi connectivity index (χ3v) is 5.25. The highest BCUT2D eigenvalue weighted by Crippen LogP contribution is 2.55. The third-order valence-electron chi connectivity index (χ3n) is 5.25. The fraction of sp³-hybridized carbons (Fsp3) is 0.353. The molecule has 1 N–H and O–H groups in total. The van der Waals surface area contributed by atoms with E-state index in [0.29, 0.717) is 5.69 Å². The number of benzene rings is 1. The second-order valence-corrected chi connectivity index (χ2v) is 6.33. The van der Waals surface area contributed by atoms with Crippen molar-refractivity contribution in [2.75, 3.05) is 4.90 Å². The van der Waals surface area contributed by atoms with Crippen LogP contribution in [-0.4, -0.2) is 22.9 Å². The van der Waals surface area contributed by atoms with E-state index in [1.165, 1.54) is 34.7 Å². The molecule has 1 saturated carbocycles. The van der Waals surface area contributed by atoms with Gasteiger partial charge in [0, 0.05) is 0 Å². The van der Waals surface area contributed by atoms with Gasteiger partial charge in [-0.3, -0.25) is 14.5 Å². The summed E-state index contributed by atoms with van der Waals surface area (Å²) in [6.45, 7) is 2.03. The molecule has 0 radical (unpaired) electrons. The van der Waals surface area contributed by atoms with Crippen LogP contribution >= 0.6 is 0 Å². The minimum absolute atomic E-state index is 0.139. The SMILES string of the molecule is CC1=C[C@H]2C[C@@H]1[C@H]1C(=O)N(c3ccc(C(=O)O)cc3)C(=O)[C@H]12. The van der Waals surface area contributed by atoms with Crippen molar-refractivity contribution >= 4 is 23.5 Å². The maximum Gasteiger partial charge on any atom is 0.335 e. The van der Waals surface area contributed by atoms with E-state index < -0.39 is 5.97 Å². The van der Waals surface area contributed by atoms with E-state index in [2.05, 4.69) is 6.08 Å². The Hall–Kier alpha value is -2.43. The van der Waals surface area contributed by atoms with E-state index in [1.807, 2.05) is 6.92 Å². The van der Waals surface area contributed by atoms with Crippen molar-refractivity contribution in [1.82, 2.24) is 0 Å². The summed E-state index contributed by atoms with van der Waals surface area (Å²) in [5.41, 5.74) is 1.82. The highest BCUT2D eigenvalue weighted by atomic mass is 16.4. The average molecular weight is 297 g/mol. The van der Waals surface area contributed by atoms with Crippen molar-refractivity contribution < 1.29 is 19.5 Å². The molecule has 2 amide bonds. The summed E-state index contributed by atoms with van der Waals surface area (Å²) in [6, 6.07) is 5.90. The van der Waals surface area contributed by atoms with Crippen molar-refractivity contribution in [3.8, 4) is 0 Å². The maximum atomic E-state index is 12.7. The lowest BCUT2D eigenvalue weighted by molar-refractivity contribution is -0.123. The molecular weight excluding hydrogens is 282 g/mol. The van der Waals surface area contributed by atoms with Gasteiger partial charge in [-0.25, -0.2) is 4.79 Å². The maximum absolute atomic E-state index is 12.7. The van der Waals surface area contributed by atoms with Crippen LogP contribution in [0.3, 0.4) is 0 Å². The Morgan fingerprint density at radius 1 is 1.14 bits per heavy atom. The lowest BCUT2D eigenvalue weighted by Gasteiger charge is -2.19. The summed E-state index contributed by atoms with van der Waals surface area (Å²) >= 11 is 0. The topological polar surface area (TPSA) is 74.7 Å². The van der Waals surface area contributed by atoms with Gasteiger partial charge in [0.15, 0.2) is 0 Å². The van der Waals surface area contributed by atoms with E-state index in [-0.39, 0.29) is 41.0 Å². The van der Waals surface area contributed by atoms with E-state index in [0.717, 1.165) is 6.42 Å². The smallest absolute Gasteiger partial charge is 0.335 e. The van der Waals surface area contributed by atoms with Crippen LogP contribution in [0.5, 0.6) is 0 Å². The summed E-state index contributed by atoms with van der Waals surface area (Å²) < 4.78 is 0. The molecule has 2 fully saturated rings. The second-order valence-electron chi connectivity index (χ2n) is 6.33. The Kier molecular flexibility index (Phi) is 2.58. The predicted octanol–water partition coefficient (Wildman–Crippen LogP) is 2.09. The van der Waals surface area contributed by atoms with Crippen molar-refractivity contribution in [3.63, 3.8) is 0 Å². The number of hydrogen-bond acceptors (Lipinski definition) is 3. The Labute approximate surface area is 127 Å². The Bertz CT molecular complexity index is 734. The predicted molar refractivity (Wildman–Crippen MR) is 78.2 cm³/mol. The van der Waals surface area contributed by atoms with Crippen molar-refractivity contribution in [1.29, 1.82) is 0 Å². The highest BCUT2D eigenvalue weighted by Gasteiger charge is 2.60. The molecule has 3 aliphatic rings. The number of amides is 2. The van der Waals surface area contributed by atoms with E-state index in [1.54, 1.807) is 0 Å². The van der Waals surface area contributed by atoms with Gasteiger partial charge in [-0.1, -0.05) is 11.6 Å². The van der Waals surface area contributed by atoms with E-state index in [9.17, 15) is 14.4 Å². The van der Waals surface area contributed by atoms with Gasteiger partial charge < -0.3 is 5.11 Å². The molecule has 112 valence electrons. The standard InChI is InChI=1S/C17H15NO4/c1-8-6-10-7-12(8)14-13(10)15(19)18(16(14)20)11-4-2-9(3-5-11)17(21)22/h2-6,10,12-14H,7H2,1H3,(H,21,22)/t10-,12-,13-,14+/m0/s1. The fourth-order valence-electron chi connectivity index (χ4n) is 4.28. The number of fused-ring (bicyclic) bond motifs is 5. The first-order valence-corrected chi connectivity index (χ1v) is 7.38. The Morgan fingerprint density at radius 3 is 2.41 bits per heavy atom. The molecule has 0 aromatic heterocycles. The minimum atomic E-state index is -1.03. The molecule has 5 heteroatoms. The normalized spacial score (nSPS) is 32.4. The number of anilines is 1. The molecule has 0 unspecified atom stereocenters. The van der Waals surface area contributed by atoms with E-state index >= 15 is 0 Å². The van der Waals surface area contributed by atoms with Gasteiger partial charge in [-0.15, -0.1) is 0 Å². The first-order chi connectivity index (χ1) is 10.5. The largest absolute Gasteiger partial charge is 0.478 e. The molecule has 0 spiro atoms. The van der Waals surface area contributed by atoms with Crippen LogP contribution in [0.25, 0.3) is 0 Å². The van der Waals surface area contributed by atoms with Gasteiger partial charge >= 0.3 is 5.97 Å². The van der Waals surface area contributed by atoms with Crippen LogP contribution in [0.15, 0.2) is 35.9 Å². The van der Waals surface area contributed by atoms with Gasteiger partial charge in [0.1, 0.15) is 0 Å². The Morgan fingerprint density at radius 2 is 1.77 bits per heavy atom. The minimum Gasteiger partial charge on any atom is -0.478 e. The second kappa shape index (κ2) is 4.29.